The third-order valence-electron chi connectivity index (χ3n) is 4.64. The smallest absolute Gasteiger partial charge is 0.248 e. The van der Waals surface area contributed by atoms with Gasteiger partial charge in [-0.3, -0.25) is 4.79 Å². The van der Waals surface area contributed by atoms with Crippen molar-refractivity contribution in [2.75, 3.05) is 25.4 Å². The third kappa shape index (κ3) is 4.66. The van der Waals surface area contributed by atoms with E-state index >= 15 is 0 Å². The maximum atomic E-state index is 12.3. The van der Waals surface area contributed by atoms with Gasteiger partial charge in [-0.15, -0.1) is 0 Å². The van der Waals surface area contributed by atoms with Crippen LogP contribution in [0.15, 0.2) is 0 Å². The molecule has 3 nitrogen and oxygen atoms in total. The Labute approximate surface area is 127 Å². The molecule has 2 fully saturated rings. The number of hydrogen-bond donors (Lipinski definition) is 0. The number of carbonyl (C=O) groups is 1. The van der Waals surface area contributed by atoms with Crippen molar-refractivity contribution in [2.45, 2.75) is 63.7 Å². The molecule has 0 aromatic rings. The summed E-state index contributed by atoms with van der Waals surface area (Å²) in [5.74, 6) is 2.04. The Morgan fingerprint density at radius 2 is 2.05 bits per heavy atom. The number of hydrogen-bond acceptors (Lipinski definition) is 3. The van der Waals surface area contributed by atoms with E-state index in [2.05, 4.69) is 13.8 Å². The molecule has 0 bridgehead atoms. The third-order valence-corrected chi connectivity index (χ3v) is 6.02. The van der Waals surface area contributed by atoms with Crippen LogP contribution >= 0.6 is 11.8 Å². The van der Waals surface area contributed by atoms with Crippen LogP contribution in [0.5, 0.6) is 0 Å². The van der Waals surface area contributed by atoms with Crippen molar-refractivity contribution in [1.82, 2.24) is 4.90 Å². The highest BCUT2D eigenvalue weighted by Gasteiger charge is 2.25. The van der Waals surface area contributed by atoms with Crippen molar-refractivity contribution in [1.29, 1.82) is 0 Å². The molecule has 20 heavy (non-hydrogen) atoms. The first-order valence-corrected chi connectivity index (χ1v) is 9.26. The van der Waals surface area contributed by atoms with E-state index in [0.717, 1.165) is 19.5 Å². The van der Waals surface area contributed by atoms with Crippen LogP contribution in [0.1, 0.15) is 52.4 Å². The van der Waals surface area contributed by atoms with Crippen LogP contribution in [0.4, 0.5) is 0 Å². The number of carbonyl (C=O) groups excluding carboxylic acids is 1. The molecule has 4 heteroatoms. The second-order valence-electron chi connectivity index (χ2n) is 6.18. The van der Waals surface area contributed by atoms with Crippen LogP contribution in [0.2, 0.25) is 0 Å². The molecular weight excluding hydrogens is 270 g/mol. The summed E-state index contributed by atoms with van der Waals surface area (Å²) < 4.78 is 5.91. The predicted octanol–water partition coefficient (Wildman–Crippen LogP) is 3.33. The van der Waals surface area contributed by atoms with Gasteiger partial charge in [0.05, 0.1) is 6.10 Å². The molecule has 0 aromatic carbocycles. The van der Waals surface area contributed by atoms with Gasteiger partial charge in [0.1, 0.15) is 6.61 Å². The number of thioether (sulfide) groups is 1. The molecule has 0 radical (unpaired) electrons. The standard InChI is InChI=1S/C16H29NO2S/c1-3-17(11-14-8-6-10-20-14)16(18)12-19-15-9-5-4-7-13(15)2/h13-15H,3-12H2,1-2H3. The molecule has 3 unspecified atom stereocenters. The highest BCUT2D eigenvalue weighted by atomic mass is 32.2. The summed E-state index contributed by atoms with van der Waals surface area (Å²) in [7, 11) is 0. The topological polar surface area (TPSA) is 29.5 Å². The molecule has 1 heterocycles. The molecule has 1 saturated heterocycles. The Bertz CT molecular complexity index is 305. The highest BCUT2D eigenvalue weighted by molar-refractivity contribution is 8.00. The van der Waals surface area contributed by atoms with Crippen molar-refractivity contribution >= 4 is 17.7 Å². The van der Waals surface area contributed by atoms with Gasteiger partial charge in [-0.1, -0.05) is 19.8 Å². The Morgan fingerprint density at radius 3 is 2.70 bits per heavy atom. The van der Waals surface area contributed by atoms with Crippen molar-refractivity contribution in [2.24, 2.45) is 5.92 Å². The number of rotatable bonds is 6. The van der Waals surface area contributed by atoms with E-state index in [-0.39, 0.29) is 12.5 Å². The van der Waals surface area contributed by atoms with Gasteiger partial charge < -0.3 is 9.64 Å². The highest BCUT2D eigenvalue weighted by Crippen LogP contribution is 2.28. The SMILES string of the molecule is CCN(CC1CCCS1)C(=O)COC1CCCCC1C. The lowest BCUT2D eigenvalue weighted by molar-refractivity contribution is -0.139. The predicted molar refractivity (Wildman–Crippen MR) is 85.1 cm³/mol. The molecular formula is C16H29NO2S. The van der Waals surface area contributed by atoms with Crippen LogP contribution in [0.25, 0.3) is 0 Å². The minimum absolute atomic E-state index is 0.178. The van der Waals surface area contributed by atoms with E-state index in [1.165, 1.54) is 37.9 Å². The molecule has 1 aliphatic carbocycles. The van der Waals surface area contributed by atoms with E-state index in [9.17, 15) is 4.79 Å². The zero-order chi connectivity index (χ0) is 14.4. The van der Waals surface area contributed by atoms with Gasteiger partial charge in [-0.25, -0.2) is 0 Å². The zero-order valence-corrected chi connectivity index (χ0v) is 13.8. The molecule has 0 aromatic heterocycles. The number of ether oxygens (including phenoxy) is 1. The monoisotopic (exact) mass is 299 g/mol. The maximum Gasteiger partial charge on any atom is 0.248 e. The van der Waals surface area contributed by atoms with Gasteiger partial charge in [0.25, 0.3) is 0 Å². The minimum Gasteiger partial charge on any atom is -0.368 e. The molecule has 3 atom stereocenters. The fraction of sp³-hybridized carbons (Fsp3) is 0.938. The number of likely N-dealkylation sites (N-methyl/N-ethyl adjacent to an activating group) is 1. The maximum absolute atomic E-state index is 12.3. The molecule has 1 aliphatic heterocycles. The first kappa shape index (κ1) is 16.2. The minimum atomic E-state index is 0.178. The molecule has 116 valence electrons. The molecule has 1 amide bonds. The summed E-state index contributed by atoms with van der Waals surface area (Å²) in [5.41, 5.74) is 0. The quantitative estimate of drug-likeness (QED) is 0.753. The lowest BCUT2D eigenvalue weighted by atomic mass is 9.88. The van der Waals surface area contributed by atoms with Crippen molar-refractivity contribution in [3.8, 4) is 0 Å². The van der Waals surface area contributed by atoms with Crippen molar-refractivity contribution in [3.63, 3.8) is 0 Å². The second-order valence-corrected chi connectivity index (χ2v) is 7.59. The van der Waals surface area contributed by atoms with Crippen molar-refractivity contribution in [3.05, 3.63) is 0 Å². The fourth-order valence-electron chi connectivity index (χ4n) is 3.24. The summed E-state index contributed by atoms with van der Waals surface area (Å²) in [5, 5.41) is 0.646. The van der Waals surface area contributed by atoms with E-state index in [1.54, 1.807) is 0 Å². The van der Waals surface area contributed by atoms with Crippen LogP contribution in [0.3, 0.4) is 0 Å². The van der Waals surface area contributed by atoms with Gasteiger partial charge >= 0.3 is 0 Å². The average molecular weight is 299 g/mol. The van der Waals surface area contributed by atoms with Gasteiger partial charge in [-0.05, 0) is 44.3 Å². The summed E-state index contributed by atoms with van der Waals surface area (Å²) in [6, 6.07) is 0. The Balaban J connectivity index is 1.73. The molecule has 1 saturated carbocycles. The van der Waals surface area contributed by atoms with Crippen LogP contribution in [-0.2, 0) is 9.53 Å². The van der Waals surface area contributed by atoms with Crippen LogP contribution in [0, 0.1) is 5.92 Å². The molecule has 2 aliphatic rings. The fourth-order valence-corrected chi connectivity index (χ4v) is 4.53. The van der Waals surface area contributed by atoms with E-state index in [1.807, 2.05) is 16.7 Å². The Hall–Kier alpha value is -0.220. The molecule has 0 N–H and O–H groups in total. The van der Waals surface area contributed by atoms with E-state index in [4.69, 9.17) is 4.74 Å². The number of amides is 1. The van der Waals surface area contributed by atoms with Crippen LogP contribution < -0.4 is 0 Å². The lowest BCUT2D eigenvalue weighted by Gasteiger charge is -2.30. The summed E-state index contributed by atoms with van der Waals surface area (Å²) in [6.07, 6.45) is 7.79. The van der Waals surface area contributed by atoms with Crippen LogP contribution in [-0.4, -0.2) is 47.6 Å². The molecule has 2 rings (SSSR count). The molecule has 0 spiro atoms. The number of nitrogens with zero attached hydrogens (tertiary/aromatic N) is 1. The first-order valence-electron chi connectivity index (χ1n) is 8.21. The normalized spacial score (nSPS) is 30.4. The Morgan fingerprint density at radius 1 is 1.25 bits per heavy atom. The van der Waals surface area contributed by atoms with Gasteiger partial charge in [0.15, 0.2) is 0 Å². The van der Waals surface area contributed by atoms with E-state index in [0.29, 0.717) is 17.3 Å². The van der Waals surface area contributed by atoms with Gasteiger partial charge in [0.2, 0.25) is 5.91 Å². The van der Waals surface area contributed by atoms with E-state index < -0.39 is 0 Å². The summed E-state index contributed by atoms with van der Waals surface area (Å²) >= 11 is 2.02. The summed E-state index contributed by atoms with van der Waals surface area (Å²) in [4.78, 5) is 14.3. The first-order chi connectivity index (χ1) is 9.70. The van der Waals surface area contributed by atoms with Gasteiger partial charge in [0, 0.05) is 18.3 Å². The zero-order valence-electron chi connectivity index (χ0n) is 13.0. The largest absolute Gasteiger partial charge is 0.368 e. The lowest BCUT2D eigenvalue weighted by Crippen LogP contribution is -2.39. The van der Waals surface area contributed by atoms with Gasteiger partial charge in [-0.2, -0.15) is 11.8 Å². The second kappa shape index (κ2) is 8.28. The Kier molecular flexibility index (Phi) is 6.69. The average Bonchev–Trinajstić information content (AvgIpc) is 2.96. The van der Waals surface area contributed by atoms with Crippen molar-refractivity contribution < 1.29 is 9.53 Å². The summed E-state index contributed by atoms with van der Waals surface area (Å²) in [6.45, 7) is 6.31.